The second-order valence-corrected chi connectivity index (χ2v) is 4.99. The number of nitrogens with one attached hydrogen (secondary N) is 1. The second kappa shape index (κ2) is 6.39. The Hall–Kier alpha value is -2.07. The molecule has 20 heavy (non-hydrogen) atoms. The van der Waals surface area contributed by atoms with Gasteiger partial charge in [0.2, 0.25) is 0 Å². The van der Waals surface area contributed by atoms with Crippen LogP contribution in [0, 0.1) is 0 Å². The SMILES string of the molecule is CN(C)c1cc(C(=O)NCc2ccccc2)cc(Cl)n1. The summed E-state index contributed by atoms with van der Waals surface area (Å²) in [5.41, 5.74) is 1.55. The lowest BCUT2D eigenvalue weighted by Crippen LogP contribution is -2.23. The Labute approximate surface area is 123 Å². The van der Waals surface area contributed by atoms with Gasteiger partial charge < -0.3 is 10.2 Å². The van der Waals surface area contributed by atoms with E-state index in [4.69, 9.17) is 11.6 Å². The molecule has 1 aromatic carbocycles. The predicted octanol–water partition coefficient (Wildman–Crippen LogP) is 2.73. The van der Waals surface area contributed by atoms with Crippen molar-refractivity contribution in [3.63, 3.8) is 0 Å². The molecule has 0 unspecified atom stereocenters. The first-order valence-corrected chi connectivity index (χ1v) is 6.61. The van der Waals surface area contributed by atoms with Crippen LogP contribution in [0.2, 0.25) is 5.15 Å². The predicted molar refractivity (Wildman–Crippen MR) is 81.2 cm³/mol. The summed E-state index contributed by atoms with van der Waals surface area (Å²) < 4.78 is 0. The third-order valence-corrected chi connectivity index (χ3v) is 2.99. The molecule has 0 aliphatic heterocycles. The molecule has 0 radical (unpaired) electrons. The summed E-state index contributed by atoms with van der Waals surface area (Å²) >= 11 is 5.94. The van der Waals surface area contributed by atoms with Crippen molar-refractivity contribution in [3.8, 4) is 0 Å². The molecular formula is C15H16ClN3O. The van der Waals surface area contributed by atoms with Crippen LogP contribution in [0.25, 0.3) is 0 Å². The largest absolute Gasteiger partial charge is 0.363 e. The zero-order chi connectivity index (χ0) is 14.5. The van der Waals surface area contributed by atoms with Gasteiger partial charge in [0.05, 0.1) is 0 Å². The van der Waals surface area contributed by atoms with Gasteiger partial charge in [-0.2, -0.15) is 0 Å². The Kier molecular flexibility index (Phi) is 4.58. The Morgan fingerprint density at radius 2 is 1.95 bits per heavy atom. The maximum absolute atomic E-state index is 12.1. The Morgan fingerprint density at radius 3 is 2.60 bits per heavy atom. The lowest BCUT2D eigenvalue weighted by molar-refractivity contribution is 0.0951. The fourth-order valence-electron chi connectivity index (χ4n) is 1.72. The van der Waals surface area contributed by atoms with Crippen molar-refractivity contribution in [2.45, 2.75) is 6.54 Å². The molecule has 104 valence electrons. The highest BCUT2D eigenvalue weighted by atomic mass is 35.5. The van der Waals surface area contributed by atoms with Crippen molar-refractivity contribution >= 4 is 23.3 Å². The van der Waals surface area contributed by atoms with Crippen LogP contribution in [0.3, 0.4) is 0 Å². The third-order valence-electron chi connectivity index (χ3n) is 2.80. The highest BCUT2D eigenvalue weighted by molar-refractivity contribution is 6.29. The fraction of sp³-hybridized carbons (Fsp3) is 0.200. The maximum atomic E-state index is 12.1. The van der Waals surface area contributed by atoms with Crippen molar-refractivity contribution in [2.75, 3.05) is 19.0 Å². The lowest BCUT2D eigenvalue weighted by Gasteiger charge is -2.13. The molecule has 1 aromatic heterocycles. The molecule has 0 fully saturated rings. The third kappa shape index (κ3) is 3.71. The van der Waals surface area contributed by atoms with E-state index in [-0.39, 0.29) is 5.91 Å². The first-order chi connectivity index (χ1) is 9.56. The summed E-state index contributed by atoms with van der Waals surface area (Å²) in [5.74, 6) is 0.489. The number of nitrogens with zero attached hydrogens (tertiary/aromatic N) is 2. The van der Waals surface area contributed by atoms with E-state index in [9.17, 15) is 4.79 Å². The molecule has 1 N–H and O–H groups in total. The number of aromatic nitrogens is 1. The van der Waals surface area contributed by atoms with Gasteiger partial charge in [0.15, 0.2) is 0 Å². The molecule has 0 bridgehead atoms. The number of hydrogen-bond acceptors (Lipinski definition) is 3. The number of rotatable bonds is 4. The highest BCUT2D eigenvalue weighted by Gasteiger charge is 2.10. The number of hydrogen-bond donors (Lipinski definition) is 1. The fourth-order valence-corrected chi connectivity index (χ4v) is 1.93. The number of anilines is 1. The minimum absolute atomic E-state index is 0.166. The molecule has 4 nitrogen and oxygen atoms in total. The van der Waals surface area contributed by atoms with Gasteiger partial charge in [-0.05, 0) is 17.7 Å². The van der Waals surface area contributed by atoms with Gasteiger partial charge in [0, 0.05) is 26.2 Å². The molecule has 2 rings (SSSR count). The summed E-state index contributed by atoms with van der Waals surface area (Å²) in [7, 11) is 3.70. The van der Waals surface area contributed by atoms with E-state index in [1.165, 1.54) is 0 Å². The van der Waals surface area contributed by atoms with E-state index < -0.39 is 0 Å². The van der Waals surface area contributed by atoms with Crippen LogP contribution in [-0.4, -0.2) is 25.0 Å². The molecule has 0 saturated carbocycles. The van der Waals surface area contributed by atoms with Gasteiger partial charge in [0.1, 0.15) is 11.0 Å². The minimum Gasteiger partial charge on any atom is -0.363 e. The average Bonchev–Trinajstić information content (AvgIpc) is 2.45. The monoisotopic (exact) mass is 289 g/mol. The van der Waals surface area contributed by atoms with Gasteiger partial charge in [-0.25, -0.2) is 4.98 Å². The van der Waals surface area contributed by atoms with Gasteiger partial charge >= 0.3 is 0 Å². The van der Waals surface area contributed by atoms with E-state index in [0.29, 0.717) is 23.1 Å². The summed E-state index contributed by atoms with van der Waals surface area (Å²) in [6.45, 7) is 0.483. The van der Waals surface area contributed by atoms with Crippen molar-refractivity contribution in [1.82, 2.24) is 10.3 Å². The van der Waals surface area contributed by atoms with E-state index in [0.717, 1.165) is 5.56 Å². The normalized spacial score (nSPS) is 10.2. The maximum Gasteiger partial charge on any atom is 0.251 e. The molecule has 0 aliphatic carbocycles. The molecule has 0 aliphatic rings. The van der Waals surface area contributed by atoms with Crippen molar-refractivity contribution < 1.29 is 4.79 Å². The molecule has 5 heteroatoms. The minimum atomic E-state index is -0.166. The number of benzene rings is 1. The van der Waals surface area contributed by atoms with Gasteiger partial charge in [-0.1, -0.05) is 41.9 Å². The quantitative estimate of drug-likeness (QED) is 0.880. The summed E-state index contributed by atoms with van der Waals surface area (Å²) in [5, 5.41) is 3.17. The van der Waals surface area contributed by atoms with Crippen molar-refractivity contribution in [3.05, 3.63) is 58.7 Å². The van der Waals surface area contributed by atoms with Gasteiger partial charge in [0.25, 0.3) is 5.91 Å². The van der Waals surface area contributed by atoms with Gasteiger partial charge in [-0.15, -0.1) is 0 Å². The number of carbonyl (C=O) groups is 1. The molecule has 1 heterocycles. The van der Waals surface area contributed by atoms with E-state index in [1.54, 1.807) is 17.0 Å². The van der Waals surface area contributed by atoms with Crippen LogP contribution in [0.4, 0.5) is 5.82 Å². The number of carbonyl (C=O) groups excluding carboxylic acids is 1. The zero-order valence-electron chi connectivity index (χ0n) is 11.4. The number of pyridine rings is 1. The van der Waals surface area contributed by atoms with Crippen LogP contribution in [0.15, 0.2) is 42.5 Å². The first kappa shape index (κ1) is 14.3. The van der Waals surface area contributed by atoms with Crippen LogP contribution >= 0.6 is 11.6 Å². The highest BCUT2D eigenvalue weighted by Crippen LogP contribution is 2.16. The van der Waals surface area contributed by atoms with Crippen molar-refractivity contribution in [2.24, 2.45) is 0 Å². The van der Waals surface area contributed by atoms with E-state index in [2.05, 4.69) is 10.3 Å². The van der Waals surface area contributed by atoms with Crippen LogP contribution in [0.1, 0.15) is 15.9 Å². The summed E-state index contributed by atoms with van der Waals surface area (Å²) in [4.78, 5) is 18.1. The number of halogens is 1. The van der Waals surface area contributed by atoms with E-state index >= 15 is 0 Å². The molecule has 0 atom stereocenters. The standard InChI is InChI=1S/C15H16ClN3O/c1-19(2)14-9-12(8-13(16)18-14)15(20)17-10-11-6-4-3-5-7-11/h3-9H,10H2,1-2H3,(H,17,20). The number of amides is 1. The summed E-state index contributed by atoms with van der Waals surface area (Å²) in [6, 6.07) is 13.0. The Bertz CT molecular complexity index is 599. The second-order valence-electron chi connectivity index (χ2n) is 4.60. The zero-order valence-corrected chi connectivity index (χ0v) is 12.2. The average molecular weight is 290 g/mol. The summed E-state index contributed by atoms with van der Waals surface area (Å²) in [6.07, 6.45) is 0. The van der Waals surface area contributed by atoms with Crippen LogP contribution < -0.4 is 10.2 Å². The molecule has 0 saturated heterocycles. The van der Waals surface area contributed by atoms with Crippen LogP contribution in [0.5, 0.6) is 0 Å². The molecular weight excluding hydrogens is 274 g/mol. The van der Waals surface area contributed by atoms with Crippen LogP contribution in [-0.2, 0) is 6.54 Å². The Morgan fingerprint density at radius 1 is 1.25 bits per heavy atom. The lowest BCUT2D eigenvalue weighted by atomic mass is 10.2. The van der Waals surface area contributed by atoms with Gasteiger partial charge in [-0.3, -0.25) is 4.79 Å². The topological polar surface area (TPSA) is 45.2 Å². The Balaban J connectivity index is 2.09. The van der Waals surface area contributed by atoms with E-state index in [1.807, 2.05) is 44.4 Å². The molecule has 2 aromatic rings. The first-order valence-electron chi connectivity index (χ1n) is 6.23. The molecule has 0 spiro atoms. The molecule has 1 amide bonds. The van der Waals surface area contributed by atoms with Crippen molar-refractivity contribution in [1.29, 1.82) is 0 Å². The smallest absolute Gasteiger partial charge is 0.251 e.